The van der Waals surface area contributed by atoms with E-state index in [9.17, 15) is 14.7 Å². The number of nitrogens with zero attached hydrogens (tertiary/aromatic N) is 1. The van der Waals surface area contributed by atoms with Crippen LogP contribution in [0.25, 0.3) is 5.76 Å². The largest absolute Gasteiger partial charge is 0.507 e. The molecule has 2 aliphatic heterocycles. The molecule has 1 N–H and O–H groups in total. The summed E-state index contributed by atoms with van der Waals surface area (Å²) in [7, 11) is 0. The Hall–Kier alpha value is -3.22. The van der Waals surface area contributed by atoms with E-state index in [1.165, 1.54) is 11.2 Å². The predicted molar refractivity (Wildman–Crippen MR) is 105 cm³/mol. The molecule has 1 aromatic carbocycles. The maximum atomic E-state index is 12.9. The predicted octanol–water partition coefficient (Wildman–Crippen LogP) is 3.66. The van der Waals surface area contributed by atoms with Crippen molar-refractivity contribution in [3.8, 4) is 11.5 Å². The molecule has 1 unspecified atom stereocenters. The maximum Gasteiger partial charge on any atom is 0.295 e. The zero-order chi connectivity index (χ0) is 20.4. The van der Waals surface area contributed by atoms with Crippen molar-refractivity contribution in [3.05, 3.63) is 53.5 Å². The van der Waals surface area contributed by atoms with Crippen molar-refractivity contribution in [2.45, 2.75) is 32.2 Å². The molecule has 1 amide bonds. The van der Waals surface area contributed by atoms with E-state index in [4.69, 9.17) is 13.9 Å². The molecular weight excluding hydrogens is 374 g/mol. The molecule has 2 aromatic rings. The molecule has 152 valence electrons. The molecule has 7 nitrogen and oxygen atoms in total. The van der Waals surface area contributed by atoms with Crippen molar-refractivity contribution >= 4 is 17.4 Å². The lowest BCUT2D eigenvalue weighted by Gasteiger charge is -2.23. The molecule has 4 rings (SSSR count). The van der Waals surface area contributed by atoms with Crippen LogP contribution < -0.4 is 9.47 Å². The molecule has 0 aliphatic carbocycles. The summed E-state index contributed by atoms with van der Waals surface area (Å²) in [6.45, 7) is 3.35. The molecular formula is C22H23NO6. The summed E-state index contributed by atoms with van der Waals surface area (Å²) in [5, 5.41) is 11.0. The average molecular weight is 397 g/mol. The highest BCUT2D eigenvalue weighted by Gasteiger charge is 2.47. The molecule has 0 spiro atoms. The Morgan fingerprint density at radius 1 is 1.14 bits per heavy atom. The first-order valence-corrected chi connectivity index (χ1v) is 9.83. The number of fused-ring (bicyclic) bond motifs is 1. The van der Waals surface area contributed by atoms with E-state index >= 15 is 0 Å². The summed E-state index contributed by atoms with van der Waals surface area (Å²) in [6, 6.07) is 7.60. The van der Waals surface area contributed by atoms with Crippen molar-refractivity contribution in [1.82, 2.24) is 4.90 Å². The second-order valence-electron chi connectivity index (χ2n) is 7.07. The third kappa shape index (κ3) is 3.48. The lowest BCUT2D eigenvalue weighted by atomic mass is 9.99. The van der Waals surface area contributed by atoms with Gasteiger partial charge in [0, 0.05) is 12.1 Å². The van der Waals surface area contributed by atoms with Crippen molar-refractivity contribution in [2.75, 3.05) is 19.8 Å². The summed E-state index contributed by atoms with van der Waals surface area (Å²) in [4.78, 5) is 27.1. The van der Waals surface area contributed by atoms with E-state index in [1.54, 1.807) is 30.3 Å². The van der Waals surface area contributed by atoms with Crippen molar-refractivity contribution < 1.29 is 28.6 Å². The Kier molecular flexibility index (Phi) is 5.29. The number of furan rings is 1. The van der Waals surface area contributed by atoms with Gasteiger partial charge in [-0.2, -0.15) is 0 Å². The molecule has 3 heterocycles. The zero-order valence-corrected chi connectivity index (χ0v) is 16.2. The van der Waals surface area contributed by atoms with E-state index in [0.29, 0.717) is 42.6 Å². The fourth-order valence-electron chi connectivity index (χ4n) is 3.73. The van der Waals surface area contributed by atoms with Gasteiger partial charge in [0.15, 0.2) is 11.5 Å². The molecule has 0 bridgehead atoms. The van der Waals surface area contributed by atoms with Crippen LogP contribution in [0, 0.1) is 0 Å². The quantitative estimate of drug-likeness (QED) is 0.346. The first kappa shape index (κ1) is 19.1. The number of hydrogen-bond donors (Lipinski definition) is 1. The lowest BCUT2D eigenvalue weighted by Crippen LogP contribution is -2.30. The van der Waals surface area contributed by atoms with Crippen LogP contribution in [0.5, 0.6) is 11.5 Å². The summed E-state index contributed by atoms with van der Waals surface area (Å²) in [5.74, 6) is -0.0705. The number of hydrogen-bond acceptors (Lipinski definition) is 6. The van der Waals surface area contributed by atoms with Crippen LogP contribution in [0.15, 0.2) is 46.6 Å². The van der Waals surface area contributed by atoms with Crippen LogP contribution >= 0.6 is 0 Å². The second kappa shape index (κ2) is 8.03. The minimum Gasteiger partial charge on any atom is -0.507 e. The number of Topliss-reactive ketones (excluding diaryl/α,β-unsaturated/α-hetero) is 1. The SMILES string of the molecule is CCCCCN1C(=O)C(=O)/C(=C(\O)c2ccc3c(c2)OCCO3)C1c1ccco1. The number of carbonyl (C=O) groups is 2. The number of unbranched alkanes of at least 4 members (excludes halogenated alkanes) is 2. The van der Waals surface area contributed by atoms with Crippen LogP contribution in [0.4, 0.5) is 0 Å². The topological polar surface area (TPSA) is 89.2 Å². The molecule has 2 aliphatic rings. The first-order valence-electron chi connectivity index (χ1n) is 9.83. The van der Waals surface area contributed by atoms with Gasteiger partial charge in [-0.1, -0.05) is 19.8 Å². The summed E-state index contributed by atoms with van der Waals surface area (Å²) in [5.41, 5.74) is 0.412. The Bertz CT molecular complexity index is 946. The Morgan fingerprint density at radius 2 is 1.93 bits per heavy atom. The van der Waals surface area contributed by atoms with Gasteiger partial charge in [0.25, 0.3) is 11.7 Å². The third-order valence-electron chi connectivity index (χ3n) is 5.17. The van der Waals surface area contributed by atoms with E-state index in [1.807, 2.05) is 0 Å². The smallest absolute Gasteiger partial charge is 0.295 e. The number of rotatable bonds is 6. The molecule has 1 saturated heterocycles. The molecule has 29 heavy (non-hydrogen) atoms. The second-order valence-corrected chi connectivity index (χ2v) is 7.07. The average Bonchev–Trinajstić information content (AvgIpc) is 3.35. The number of aliphatic hydroxyl groups is 1. The van der Waals surface area contributed by atoms with Crippen LogP contribution in [0.1, 0.15) is 43.6 Å². The van der Waals surface area contributed by atoms with Crippen LogP contribution in [0.3, 0.4) is 0 Å². The van der Waals surface area contributed by atoms with Gasteiger partial charge in [0.1, 0.15) is 30.8 Å². The van der Waals surface area contributed by atoms with Gasteiger partial charge in [-0.25, -0.2) is 0 Å². The lowest BCUT2D eigenvalue weighted by molar-refractivity contribution is -0.140. The van der Waals surface area contributed by atoms with Crippen LogP contribution in [-0.4, -0.2) is 41.5 Å². The van der Waals surface area contributed by atoms with E-state index in [-0.39, 0.29) is 11.3 Å². The number of likely N-dealkylation sites (tertiary alicyclic amines) is 1. The van der Waals surface area contributed by atoms with Gasteiger partial charge in [0.2, 0.25) is 0 Å². The molecule has 0 saturated carbocycles. The number of carbonyl (C=O) groups excluding carboxylic acids is 2. The monoisotopic (exact) mass is 397 g/mol. The Balaban J connectivity index is 1.77. The normalized spacial score (nSPS) is 20.3. The van der Waals surface area contributed by atoms with Crippen molar-refractivity contribution in [2.24, 2.45) is 0 Å². The number of benzene rings is 1. The molecule has 1 aromatic heterocycles. The third-order valence-corrected chi connectivity index (χ3v) is 5.17. The van der Waals surface area contributed by atoms with Crippen LogP contribution in [-0.2, 0) is 9.59 Å². The summed E-state index contributed by atoms with van der Waals surface area (Å²) < 4.78 is 16.6. The number of ketones is 1. The summed E-state index contributed by atoms with van der Waals surface area (Å²) in [6.07, 6.45) is 4.19. The van der Waals surface area contributed by atoms with E-state index < -0.39 is 17.7 Å². The molecule has 7 heteroatoms. The van der Waals surface area contributed by atoms with Gasteiger partial charge in [-0.05, 0) is 36.8 Å². The number of aliphatic hydroxyl groups excluding tert-OH is 1. The highest BCUT2D eigenvalue weighted by atomic mass is 16.6. The van der Waals surface area contributed by atoms with Gasteiger partial charge in [-0.15, -0.1) is 0 Å². The number of ether oxygens (including phenoxy) is 2. The van der Waals surface area contributed by atoms with Gasteiger partial charge in [-0.3, -0.25) is 9.59 Å². The minimum absolute atomic E-state index is 0.0260. The van der Waals surface area contributed by atoms with E-state index in [2.05, 4.69) is 6.92 Å². The van der Waals surface area contributed by atoms with E-state index in [0.717, 1.165) is 19.3 Å². The minimum atomic E-state index is -0.755. The molecule has 1 atom stereocenters. The Morgan fingerprint density at radius 3 is 2.66 bits per heavy atom. The molecule has 1 fully saturated rings. The first-order chi connectivity index (χ1) is 14.1. The van der Waals surface area contributed by atoms with Gasteiger partial charge < -0.3 is 23.9 Å². The highest BCUT2D eigenvalue weighted by Crippen LogP contribution is 2.41. The number of amides is 1. The Labute approximate surface area is 168 Å². The van der Waals surface area contributed by atoms with Gasteiger partial charge in [0.05, 0.1) is 11.8 Å². The van der Waals surface area contributed by atoms with Gasteiger partial charge >= 0.3 is 0 Å². The highest BCUT2D eigenvalue weighted by molar-refractivity contribution is 6.46. The zero-order valence-electron chi connectivity index (χ0n) is 16.2. The maximum absolute atomic E-state index is 12.9. The van der Waals surface area contributed by atoms with Crippen molar-refractivity contribution in [1.29, 1.82) is 0 Å². The standard InChI is InChI=1S/C22H23NO6/c1-2-3-4-9-23-19(16-6-5-10-27-16)18(21(25)22(23)26)20(24)14-7-8-15-17(13-14)29-12-11-28-15/h5-8,10,13,19,24H,2-4,9,11-12H2,1H3/b20-18-. The summed E-state index contributed by atoms with van der Waals surface area (Å²) >= 11 is 0. The van der Waals surface area contributed by atoms with Crippen LogP contribution in [0.2, 0.25) is 0 Å². The fraction of sp³-hybridized carbons (Fsp3) is 0.364. The molecule has 0 radical (unpaired) electrons. The van der Waals surface area contributed by atoms with Crippen molar-refractivity contribution in [3.63, 3.8) is 0 Å². The fourth-order valence-corrected chi connectivity index (χ4v) is 3.73.